The van der Waals surface area contributed by atoms with E-state index in [9.17, 15) is 0 Å². The lowest BCUT2D eigenvalue weighted by Crippen LogP contribution is -2.31. The van der Waals surface area contributed by atoms with E-state index in [-0.39, 0.29) is 11.5 Å². The fourth-order valence-corrected chi connectivity index (χ4v) is 2.20. The van der Waals surface area contributed by atoms with Crippen molar-refractivity contribution in [3.63, 3.8) is 0 Å². The second kappa shape index (κ2) is 6.27. The molecule has 1 saturated heterocycles. The molecule has 100 valence electrons. The lowest BCUT2D eigenvalue weighted by atomic mass is 10.1. The zero-order chi connectivity index (χ0) is 13.0. The number of methoxy groups -OCH3 is 2. The number of benzene rings is 1. The minimum Gasteiger partial charge on any atom is -0.493 e. The Kier molecular flexibility index (Phi) is 4.69. The minimum absolute atomic E-state index is 0.126. The second-order valence-electron chi connectivity index (χ2n) is 4.00. The molecule has 0 aromatic heterocycles. The molecule has 0 bridgehead atoms. The molecule has 1 fully saturated rings. The quantitative estimate of drug-likeness (QED) is 0.789. The van der Waals surface area contributed by atoms with Crippen molar-refractivity contribution in [2.75, 3.05) is 34.0 Å². The van der Waals surface area contributed by atoms with E-state index >= 15 is 0 Å². The highest BCUT2D eigenvalue weighted by Crippen LogP contribution is 2.34. The molecule has 2 unspecified atom stereocenters. The predicted molar refractivity (Wildman–Crippen MR) is 68.7 cm³/mol. The van der Waals surface area contributed by atoms with E-state index < -0.39 is 0 Å². The Morgan fingerprint density at radius 2 is 2.00 bits per heavy atom. The van der Waals surface area contributed by atoms with Crippen LogP contribution in [0.3, 0.4) is 0 Å². The Bertz CT molecular complexity index is 391. The molecule has 1 heterocycles. The zero-order valence-electron chi connectivity index (χ0n) is 10.5. The van der Waals surface area contributed by atoms with Crippen LogP contribution in [0.2, 0.25) is 0 Å². The Morgan fingerprint density at radius 3 is 2.61 bits per heavy atom. The smallest absolute Gasteiger partial charge is 0.161 e. The molecule has 18 heavy (non-hydrogen) atoms. The first-order chi connectivity index (χ1) is 8.76. The van der Waals surface area contributed by atoms with Crippen molar-refractivity contribution in [2.45, 2.75) is 11.5 Å². The third kappa shape index (κ3) is 2.88. The normalized spacial score (nSPS) is 21.4. The first kappa shape index (κ1) is 13.5. The predicted octanol–water partition coefficient (Wildman–Crippen LogP) is 2.40. The van der Waals surface area contributed by atoms with Crippen LogP contribution in [0.1, 0.15) is 10.9 Å². The molecule has 1 aliphatic heterocycles. The summed E-state index contributed by atoms with van der Waals surface area (Å²) in [6, 6.07) is 5.62. The van der Waals surface area contributed by atoms with Crippen LogP contribution in [0.15, 0.2) is 18.2 Å². The van der Waals surface area contributed by atoms with Gasteiger partial charge in [0.1, 0.15) is 6.10 Å². The van der Waals surface area contributed by atoms with Gasteiger partial charge in [-0.2, -0.15) is 0 Å². The third-order valence-electron chi connectivity index (χ3n) is 2.89. The summed E-state index contributed by atoms with van der Waals surface area (Å²) >= 11 is 6.41. The molecule has 0 aliphatic carbocycles. The van der Waals surface area contributed by atoms with Gasteiger partial charge in [0.05, 0.1) is 39.4 Å². The third-order valence-corrected chi connectivity index (χ3v) is 3.43. The second-order valence-corrected chi connectivity index (χ2v) is 4.47. The molecular weight excluding hydrogens is 256 g/mol. The van der Waals surface area contributed by atoms with E-state index in [2.05, 4.69) is 0 Å². The van der Waals surface area contributed by atoms with Gasteiger partial charge in [0, 0.05) is 0 Å². The number of alkyl halides is 1. The summed E-state index contributed by atoms with van der Waals surface area (Å²) in [4.78, 5) is 0. The Hall–Kier alpha value is -0.970. The van der Waals surface area contributed by atoms with Crippen LogP contribution in [-0.4, -0.2) is 40.1 Å². The molecular formula is C13H17ClO4. The summed E-state index contributed by atoms with van der Waals surface area (Å²) < 4.78 is 21.4. The van der Waals surface area contributed by atoms with Crippen molar-refractivity contribution in [1.29, 1.82) is 0 Å². The molecule has 0 N–H and O–H groups in total. The van der Waals surface area contributed by atoms with E-state index in [0.29, 0.717) is 31.3 Å². The monoisotopic (exact) mass is 272 g/mol. The van der Waals surface area contributed by atoms with Gasteiger partial charge >= 0.3 is 0 Å². The van der Waals surface area contributed by atoms with Crippen LogP contribution in [-0.2, 0) is 9.47 Å². The average Bonchev–Trinajstić information content (AvgIpc) is 2.46. The van der Waals surface area contributed by atoms with Crippen molar-refractivity contribution in [3.8, 4) is 11.5 Å². The van der Waals surface area contributed by atoms with Crippen LogP contribution in [0.4, 0.5) is 0 Å². The molecule has 2 rings (SSSR count). The van der Waals surface area contributed by atoms with Crippen LogP contribution >= 0.6 is 11.6 Å². The van der Waals surface area contributed by atoms with Crippen LogP contribution in [0.5, 0.6) is 11.5 Å². The van der Waals surface area contributed by atoms with E-state index in [1.165, 1.54) is 0 Å². The van der Waals surface area contributed by atoms with Crippen LogP contribution in [0, 0.1) is 0 Å². The minimum atomic E-state index is -0.259. The van der Waals surface area contributed by atoms with E-state index in [4.69, 9.17) is 30.5 Å². The van der Waals surface area contributed by atoms with Gasteiger partial charge < -0.3 is 18.9 Å². The highest BCUT2D eigenvalue weighted by Gasteiger charge is 2.25. The maximum absolute atomic E-state index is 6.41. The maximum Gasteiger partial charge on any atom is 0.161 e. The van der Waals surface area contributed by atoms with Crippen LogP contribution in [0.25, 0.3) is 0 Å². The number of rotatable bonds is 4. The summed E-state index contributed by atoms with van der Waals surface area (Å²) in [5.74, 6) is 1.35. The molecule has 0 spiro atoms. The lowest BCUT2D eigenvalue weighted by Gasteiger charge is -2.27. The van der Waals surface area contributed by atoms with Gasteiger partial charge in [-0.15, -0.1) is 11.6 Å². The summed E-state index contributed by atoms with van der Waals surface area (Å²) in [5.41, 5.74) is 0.935. The zero-order valence-corrected chi connectivity index (χ0v) is 11.3. The molecule has 1 aromatic rings. The van der Waals surface area contributed by atoms with Crippen molar-refractivity contribution < 1.29 is 18.9 Å². The molecule has 5 heteroatoms. The number of hydrogen-bond acceptors (Lipinski definition) is 4. The SMILES string of the molecule is COc1ccc(C(Cl)C2COCCO2)cc1OC. The first-order valence-corrected chi connectivity index (χ1v) is 6.25. The van der Waals surface area contributed by atoms with Gasteiger partial charge in [-0.1, -0.05) is 6.07 Å². The van der Waals surface area contributed by atoms with E-state index in [0.717, 1.165) is 5.56 Å². The van der Waals surface area contributed by atoms with Crippen molar-refractivity contribution in [3.05, 3.63) is 23.8 Å². The number of hydrogen-bond donors (Lipinski definition) is 0. The van der Waals surface area contributed by atoms with E-state index in [1.807, 2.05) is 18.2 Å². The molecule has 0 amide bonds. The Morgan fingerprint density at radius 1 is 1.22 bits per heavy atom. The summed E-state index contributed by atoms with van der Waals surface area (Å²) in [6.07, 6.45) is -0.126. The molecule has 2 atom stereocenters. The summed E-state index contributed by atoms with van der Waals surface area (Å²) in [5, 5.41) is -0.259. The fraction of sp³-hybridized carbons (Fsp3) is 0.538. The van der Waals surface area contributed by atoms with Gasteiger partial charge in [-0.3, -0.25) is 0 Å². The lowest BCUT2D eigenvalue weighted by molar-refractivity contribution is -0.0892. The maximum atomic E-state index is 6.41. The van der Waals surface area contributed by atoms with Crippen molar-refractivity contribution >= 4 is 11.6 Å². The number of halogens is 1. The Balaban J connectivity index is 2.16. The van der Waals surface area contributed by atoms with Gasteiger partial charge in [-0.25, -0.2) is 0 Å². The van der Waals surface area contributed by atoms with Gasteiger partial charge in [0.2, 0.25) is 0 Å². The highest BCUT2D eigenvalue weighted by atomic mass is 35.5. The molecule has 0 radical (unpaired) electrons. The van der Waals surface area contributed by atoms with Crippen LogP contribution < -0.4 is 9.47 Å². The molecule has 4 nitrogen and oxygen atoms in total. The summed E-state index contributed by atoms with van der Waals surface area (Å²) in [6.45, 7) is 1.73. The largest absolute Gasteiger partial charge is 0.493 e. The molecule has 1 aromatic carbocycles. The van der Waals surface area contributed by atoms with Gasteiger partial charge in [0.25, 0.3) is 0 Å². The van der Waals surface area contributed by atoms with Crippen molar-refractivity contribution in [1.82, 2.24) is 0 Å². The fourth-order valence-electron chi connectivity index (χ4n) is 1.91. The average molecular weight is 273 g/mol. The Labute approximate surface area is 112 Å². The number of ether oxygens (including phenoxy) is 4. The molecule has 0 saturated carbocycles. The first-order valence-electron chi connectivity index (χ1n) is 5.81. The molecule has 1 aliphatic rings. The summed E-state index contributed by atoms with van der Waals surface area (Å²) in [7, 11) is 3.21. The van der Waals surface area contributed by atoms with Crippen molar-refractivity contribution in [2.24, 2.45) is 0 Å². The topological polar surface area (TPSA) is 36.9 Å². The van der Waals surface area contributed by atoms with Gasteiger partial charge in [-0.05, 0) is 17.7 Å². The highest BCUT2D eigenvalue weighted by molar-refractivity contribution is 6.21. The van der Waals surface area contributed by atoms with Gasteiger partial charge in [0.15, 0.2) is 11.5 Å². The van der Waals surface area contributed by atoms with E-state index in [1.54, 1.807) is 14.2 Å². The standard InChI is InChI=1S/C13H17ClO4/c1-15-10-4-3-9(7-11(10)16-2)13(14)12-8-17-5-6-18-12/h3-4,7,12-13H,5-6,8H2,1-2H3.